The van der Waals surface area contributed by atoms with E-state index in [-0.39, 0.29) is 23.9 Å². The van der Waals surface area contributed by atoms with Crippen LogP contribution in [0.5, 0.6) is 0 Å². The normalized spacial score (nSPS) is 13.4. The number of fused-ring (bicyclic) bond motifs is 1. The molecular weight excluding hydrogens is 402 g/mol. The zero-order valence-corrected chi connectivity index (χ0v) is 18.9. The SMILES string of the molecule is CCC(C)NC(=O)c1cc(-c2cnn(C(c3ccccc3)C(C)C)c2)cc2nc(N)nn12. The molecule has 3 N–H and O–H groups in total. The second kappa shape index (κ2) is 8.82. The van der Waals surface area contributed by atoms with E-state index in [9.17, 15) is 4.79 Å². The van der Waals surface area contributed by atoms with Gasteiger partial charge in [0, 0.05) is 17.8 Å². The number of benzene rings is 1. The van der Waals surface area contributed by atoms with Crippen molar-refractivity contribution in [2.75, 3.05) is 5.73 Å². The van der Waals surface area contributed by atoms with Crippen LogP contribution in [0.15, 0.2) is 54.9 Å². The molecule has 166 valence electrons. The van der Waals surface area contributed by atoms with Gasteiger partial charge in [-0.15, -0.1) is 5.10 Å². The molecule has 3 aromatic heterocycles. The van der Waals surface area contributed by atoms with Crippen LogP contribution in [0.1, 0.15) is 56.2 Å². The van der Waals surface area contributed by atoms with Gasteiger partial charge in [0.15, 0.2) is 5.65 Å². The number of nitrogens with two attached hydrogens (primary N) is 1. The first kappa shape index (κ1) is 21.5. The summed E-state index contributed by atoms with van der Waals surface area (Å²) in [6.45, 7) is 8.35. The van der Waals surface area contributed by atoms with Crippen LogP contribution in [0.4, 0.5) is 5.95 Å². The third-order valence-corrected chi connectivity index (χ3v) is 5.67. The maximum Gasteiger partial charge on any atom is 0.270 e. The van der Waals surface area contributed by atoms with Crippen molar-refractivity contribution in [2.45, 2.75) is 46.2 Å². The quantitative estimate of drug-likeness (QED) is 0.461. The lowest BCUT2D eigenvalue weighted by molar-refractivity contribution is 0.0932. The number of nitrogens with zero attached hydrogens (tertiary/aromatic N) is 5. The van der Waals surface area contributed by atoms with E-state index in [1.807, 2.05) is 61.3 Å². The van der Waals surface area contributed by atoms with Crippen LogP contribution in [0.3, 0.4) is 0 Å². The van der Waals surface area contributed by atoms with Gasteiger partial charge in [-0.3, -0.25) is 9.48 Å². The average Bonchev–Trinajstić information content (AvgIpc) is 3.39. The van der Waals surface area contributed by atoms with E-state index in [2.05, 4.69) is 46.5 Å². The summed E-state index contributed by atoms with van der Waals surface area (Å²) in [5.41, 5.74) is 9.66. The zero-order chi connectivity index (χ0) is 22.8. The first-order valence-electron chi connectivity index (χ1n) is 10.9. The highest BCUT2D eigenvalue weighted by atomic mass is 16.2. The molecule has 0 saturated heterocycles. The molecule has 8 nitrogen and oxygen atoms in total. The Morgan fingerprint density at radius 1 is 1.12 bits per heavy atom. The molecule has 0 radical (unpaired) electrons. The van der Waals surface area contributed by atoms with Gasteiger partial charge in [0.2, 0.25) is 5.95 Å². The molecule has 8 heteroatoms. The predicted octanol–water partition coefficient (Wildman–Crippen LogP) is 3.95. The fourth-order valence-electron chi connectivity index (χ4n) is 3.86. The van der Waals surface area contributed by atoms with E-state index < -0.39 is 0 Å². The van der Waals surface area contributed by atoms with Gasteiger partial charge >= 0.3 is 0 Å². The van der Waals surface area contributed by atoms with E-state index in [1.54, 1.807) is 0 Å². The number of carbonyl (C=O) groups excluding carboxylic acids is 1. The molecule has 32 heavy (non-hydrogen) atoms. The molecule has 1 amide bonds. The summed E-state index contributed by atoms with van der Waals surface area (Å²) < 4.78 is 3.47. The Balaban J connectivity index is 1.76. The van der Waals surface area contributed by atoms with E-state index in [0.29, 0.717) is 17.3 Å². The molecule has 0 fully saturated rings. The highest BCUT2D eigenvalue weighted by molar-refractivity contribution is 5.95. The number of rotatable bonds is 7. The zero-order valence-electron chi connectivity index (χ0n) is 18.9. The van der Waals surface area contributed by atoms with Crippen LogP contribution in [-0.2, 0) is 0 Å². The number of hydrogen-bond acceptors (Lipinski definition) is 5. The van der Waals surface area contributed by atoms with Gasteiger partial charge < -0.3 is 11.1 Å². The fraction of sp³-hybridized carbons (Fsp3) is 0.333. The van der Waals surface area contributed by atoms with E-state index in [0.717, 1.165) is 17.5 Å². The molecule has 0 aliphatic rings. The van der Waals surface area contributed by atoms with Crippen LogP contribution in [0, 0.1) is 5.92 Å². The van der Waals surface area contributed by atoms with Crippen LogP contribution >= 0.6 is 0 Å². The summed E-state index contributed by atoms with van der Waals surface area (Å²) in [5, 5.41) is 11.9. The van der Waals surface area contributed by atoms with Gasteiger partial charge in [0.25, 0.3) is 5.91 Å². The van der Waals surface area contributed by atoms with Crippen LogP contribution < -0.4 is 11.1 Å². The topological polar surface area (TPSA) is 103 Å². The summed E-state index contributed by atoms with van der Waals surface area (Å²) in [5.74, 6) is 0.257. The summed E-state index contributed by atoms with van der Waals surface area (Å²) in [6.07, 6.45) is 4.66. The minimum absolute atomic E-state index is 0.0440. The molecule has 0 aliphatic heterocycles. The Morgan fingerprint density at radius 3 is 2.56 bits per heavy atom. The molecule has 3 heterocycles. The van der Waals surface area contributed by atoms with Crippen molar-refractivity contribution in [1.29, 1.82) is 0 Å². The van der Waals surface area contributed by atoms with Crippen molar-refractivity contribution in [3.8, 4) is 11.1 Å². The summed E-state index contributed by atoms with van der Waals surface area (Å²) in [7, 11) is 0. The highest BCUT2D eigenvalue weighted by Crippen LogP contribution is 2.29. The standard InChI is InChI=1S/C24H29N7O/c1-5-16(4)27-23(32)20-11-18(12-21-28-24(25)29-31(20)21)19-13-26-30(14-19)22(15(2)3)17-9-7-6-8-10-17/h6-16,22H,5H2,1-4H3,(H2,25,29)(H,27,32). The smallest absolute Gasteiger partial charge is 0.270 e. The molecule has 1 aromatic carbocycles. The third kappa shape index (κ3) is 4.21. The molecule has 4 rings (SSSR count). The van der Waals surface area contributed by atoms with Gasteiger partial charge in [-0.2, -0.15) is 10.1 Å². The number of pyridine rings is 1. The Bertz CT molecular complexity index is 1230. The van der Waals surface area contributed by atoms with Crippen LogP contribution in [0.2, 0.25) is 0 Å². The van der Waals surface area contributed by atoms with Gasteiger partial charge in [0.05, 0.1) is 12.2 Å². The van der Waals surface area contributed by atoms with E-state index in [4.69, 9.17) is 5.73 Å². The molecular formula is C24H29N7O. The van der Waals surface area contributed by atoms with Crippen molar-refractivity contribution in [2.24, 2.45) is 5.92 Å². The lowest BCUT2D eigenvalue weighted by Gasteiger charge is -2.22. The second-order valence-electron chi connectivity index (χ2n) is 8.46. The minimum atomic E-state index is -0.215. The van der Waals surface area contributed by atoms with Gasteiger partial charge in [-0.1, -0.05) is 51.1 Å². The average molecular weight is 432 g/mol. The number of carbonyl (C=O) groups is 1. The second-order valence-corrected chi connectivity index (χ2v) is 8.46. The Hall–Kier alpha value is -3.68. The number of aromatic nitrogens is 5. The van der Waals surface area contributed by atoms with Crippen LogP contribution in [-0.4, -0.2) is 36.3 Å². The summed E-state index contributed by atoms with van der Waals surface area (Å²) in [4.78, 5) is 17.2. The molecule has 0 bridgehead atoms. The first-order valence-corrected chi connectivity index (χ1v) is 10.9. The molecule has 4 aromatic rings. The third-order valence-electron chi connectivity index (χ3n) is 5.67. The first-order chi connectivity index (χ1) is 15.4. The molecule has 0 saturated carbocycles. The molecule has 0 spiro atoms. The van der Waals surface area contributed by atoms with E-state index >= 15 is 0 Å². The Kier molecular flexibility index (Phi) is 5.94. The van der Waals surface area contributed by atoms with Crippen molar-refractivity contribution in [1.82, 2.24) is 29.7 Å². The minimum Gasteiger partial charge on any atom is -0.366 e. The van der Waals surface area contributed by atoms with Gasteiger partial charge in [-0.05, 0) is 42.5 Å². The lowest BCUT2D eigenvalue weighted by atomic mass is 9.96. The maximum atomic E-state index is 12.9. The van der Waals surface area contributed by atoms with Crippen molar-refractivity contribution < 1.29 is 4.79 Å². The largest absolute Gasteiger partial charge is 0.366 e. The monoisotopic (exact) mass is 431 g/mol. The predicted molar refractivity (Wildman–Crippen MR) is 125 cm³/mol. The summed E-state index contributed by atoms with van der Waals surface area (Å²) >= 11 is 0. The highest BCUT2D eigenvalue weighted by Gasteiger charge is 2.21. The number of nitrogen functional groups attached to an aromatic ring is 1. The number of amides is 1. The number of anilines is 1. The van der Waals surface area contributed by atoms with Crippen molar-refractivity contribution >= 4 is 17.5 Å². The maximum absolute atomic E-state index is 12.9. The van der Waals surface area contributed by atoms with E-state index in [1.165, 1.54) is 10.1 Å². The van der Waals surface area contributed by atoms with Crippen molar-refractivity contribution in [3.63, 3.8) is 0 Å². The Labute approximate surface area is 187 Å². The summed E-state index contributed by atoms with van der Waals surface area (Å²) in [6, 6.07) is 14.2. The van der Waals surface area contributed by atoms with Crippen molar-refractivity contribution in [3.05, 3.63) is 66.1 Å². The van der Waals surface area contributed by atoms with Gasteiger partial charge in [0.1, 0.15) is 5.69 Å². The molecule has 2 unspecified atom stereocenters. The number of nitrogens with one attached hydrogen (secondary N) is 1. The fourth-order valence-corrected chi connectivity index (χ4v) is 3.86. The Morgan fingerprint density at radius 2 is 1.88 bits per heavy atom. The lowest BCUT2D eigenvalue weighted by Crippen LogP contribution is -2.33. The molecule has 2 atom stereocenters. The molecule has 0 aliphatic carbocycles. The van der Waals surface area contributed by atoms with Gasteiger partial charge in [-0.25, -0.2) is 4.52 Å². The van der Waals surface area contributed by atoms with Crippen LogP contribution in [0.25, 0.3) is 16.8 Å². The number of hydrogen-bond donors (Lipinski definition) is 2.